The highest BCUT2D eigenvalue weighted by Crippen LogP contribution is 2.20. The molecule has 0 amide bonds. The fourth-order valence-corrected chi connectivity index (χ4v) is 3.90. The summed E-state index contributed by atoms with van der Waals surface area (Å²) in [7, 11) is 0. The van der Waals surface area contributed by atoms with Crippen LogP contribution in [-0.4, -0.2) is 48.4 Å². The number of esters is 3. The van der Waals surface area contributed by atoms with E-state index in [1.165, 1.54) is 77.0 Å². The van der Waals surface area contributed by atoms with Gasteiger partial charge in [-0.2, -0.15) is 0 Å². The summed E-state index contributed by atoms with van der Waals surface area (Å²) in [5.41, 5.74) is -1.48. The molecule has 7 heteroatoms. The molecule has 0 aromatic heterocycles. The minimum atomic E-state index is -1.48. The maximum atomic E-state index is 12.4. The lowest BCUT2D eigenvalue weighted by Crippen LogP contribution is -2.45. The molecule has 1 atom stereocenters. The Morgan fingerprint density at radius 1 is 0.722 bits per heavy atom. The van der Waals surface area contributed by atoms with E-state index in [1.54, 1.807) is 0 Å². The van der Waals surface area contributed by atoms with Crippen molar-refractivity contribution in [2.24, 2.45) is 0 Å². The number of hydrogen-bond donors (Lipinski definition) is 1. The number of aliphatic hydroxyl groups excluding tert-OH is 1. The third-order valence-corrected chi connectivity index (χ3v) is 6.22. The van der Waals surface area contributed by atoms with Crippen molar-refractivity contribution >= 4 is 17.9 Å². The van der Waals surface area contributed by atoms with Crippen LogP contribution < -0.4 is 0 Å². The predicted octanol–water partition coefficient (Wildman–Crippen LogP) is 6.37. The summed E-state index contributed by atoms with van der Waals surface area (Å²) >= 11 is 0. The molecule has 208 valence electrons. The molecule has 0 aromatic carbocycles. The van der Waals surface area contributed by atoms with Crippen LogP contribution in [0.4, 0.5) is 0 Å². The van der Waals surface area contributed by atoms with Crippen molar-refractivity contribution in [3.05, 3.63) is 25.3 Å². The van der Waals surface area contributed by atoms with Gasteiger partial charge in [0.25, 0.3) is 0 Å². The Balaban J connectivity index is 4.07. The van der Waals surface area contributed by atoms with Gasteiger partial charge in [-0.3, -0.25) is 4.79 Å². The first-order valence-corrected chi connectivity index (χ1v) is 13.8. The Labute approximate surface area is 218 Å². The molecular formula is C29H50O7. The van der Waals surface area contributed by atoms with Crippen molar-refractivity contribution in [3.63, 3.8) is 0 Å². The van der Waals surface area contributed by atoms with Crippen LogP contribution in [0.1, 0.15) is 116 Å². The van der Waals surface area contributed by atoms with E-state index in [9.17, 15) is 19.5 Å². The molecule has 0 aliphatic rings. The van der Waals surface area contributed by atoms with E-state index in [1.807, 2.05) is 0 Å². The van der Waals surface area contributed by atoms with Gasteiger partial charge in [-0.15, -0.1) is 0 Å². The lowest BCUT2D eigenvalue weighted by atomic mass is 10.0. The van der Waals surface area contributed by atoms with Crippen molar-refractivity contribution in [2.75, 3.05) is 19.8 Å². The summed E-state index contributed by atoms with van der Waals surface area (Å²) in [4.78, 5) is 35.1. The topological polar surface area (TPSA) is 99.1 Å². The second kappa shape index (κ2) is 23.3. The maximum Gasteiger partial charge on any atom is 0.330 e. The Morgan fingerprint density at radius 3 is 1.61 bits per heavy atom. The summed E-state index contributed by atoms with van der Waals surface area (Å²) in [5, 5.41) is 9.88. The van der Waals surface area contributed by atoms with E-state index in [4.69, 9.17) is 14.2 Å². The van der Waals surface area contributed by atoms with Crippen LogP contribution in [0.2, 0.25) is 0 Å². The number of carbonyl (C=O) groups is 3. The molecule has 0 fully saturated rings. The smallest absolute Gasteiger partial charge is 0.330 e. The van der Waals surface area contributed by atoms with E-state index >= 15 is 0 Å². The van der Waals surface area contributed by atoms with Gasteiger partial charge in [0.15, 0.2) is 5.60 Å². The summed E-state index contributed by atoms with van der Waals surface area (Å²) in [6.45, 7) is 7.84. The Hall–Kier alpha value is -2.15. The first-order chi connectivity index (χ1) is 17.4. The summed E-state index contributed by atoms with van der Waals surface area (Å²) in [5.74, 6) is -1.81. The second-order valence-corrected chi connectivity index (χ2v) is 9.45. The average Bonchev–Trinajstić information content (AvgIpc) is 2.88. The molecule has 36 heavy (non-hydrogen) atoms. The highest BCUT2D eigenvalue weighted by atomic mass is 16.6. The lowest BCUT2D eigenvalue weighted by Gasteiger charge is -2.30. The molecule has 0 rings (SSSR count). The van der Waals surface area contributed by atoms with E-state index in [2.05, 4.69) is 20.1 Å². The van der Waals surface area contributed by atoms with E-state index < -0.39 is 30.1 Å². The second-order valence-electron chi connectivity index (χ2n) is 9.45. The fourth-order valence-electron chi connectivity index (χ4n) is 3.90. The van der Waals surface area contributed by atoms with Crippen molar-refractivity contribution in [3.8, 4) is 0 Å². The first-order valence-electron chi connectivity index (χ1n) is 13.8. The fraction of sp³-hybridized carbons (Fsp3) is 0.759. The SMILES string of the molecule is C=CC(=O)OCCC(CO)(COC(=O)C=C)OC(=O)CCCCCCCCCCCCCCCCC. The van der Waals surface area contributed by atoms with Gasteiger partial charge in [0, 0.05) is 25.0 Å². The van der Waals surface area contributed by atoms with Gasteiger partial charge < -0.3 is 19.3 Å². The summed E-state index contributed by atoms with van der Waals surface area (Å²) in [6.07, 6.45) is 20.7. The van der Waals surface area contributed by atoms with Crippen molar-refractivity contribution in [1.29, 1.82) is 0 Å². The third-order valence-electron chi connectivity index (χ3n) is 6.22. The van der Waals surface area contributed by atoms with Crippen molar-refractivity contribution < 1.29 is 33.7 Å². The molecule has 0 bridgehead atoms. The molecule has 0 saturated carbocycles. The lowest BCUT2D eigenvalue weighted by molar-refractivity contribution is -0.180. The molecule has 1 unspecified atom stereocenters. The van der Waals surface area contributed by atoms with Gasteiger partial charge in [0.1, 0.15) is 6.61 Å². The average molecular weight is 511 g/mol. The Kier molecular flexibility index (Phi) is 21.9. The molecule has 0 aromatic rings. The Morgan fingerprint density at radius 2 is 1.17 bits per heavy atom. The number of aliphatic hydroxyl groups is 1. The number of hydrogen-bond acceptors (Lipinski definition) is 7. The van der Waals surface area contributed by atoms with Gasteiger partial charge >= 0.3 is 17.9 Å². The van der Waals surface area contributed by atoms with Crippen LogP contribution in [0.15, 0.2) is 25.3 Å². The van der Waals surface area contributed by atoms with Gasteiger partial charge in [-0.25, -0.2) is 9.59 Å². The zero-order chi connectivity index (χ0) is 26.9. The molecule has 0 aliphatic carbocycles. The molecule has 0 spiro atoms. The van der Waals surface area contributed by atoms with Crippen molar-refractivity contribution in [1.82, 2.24) is 0 Å². The number of carbonyl (C=O) groups excluding carboxylic acids is 3. The standard InChI is InChI=1S/C29H50O7/c1-4-7-8-9-10-11-12-13-14-15-16-17-18-19-20-21-28(33)36-29(24-30,25-35-27(32)6-3)22-23-34-26(31)5-2/h5-6,30H,2-4,7-25H2,1H3. The Bertz CT molecular complexity index is 617. The third kappa shape index (κ3) is 19.1. The van der Waals surface area contributed by atoms with E-state index in [0.717, 1.165) is 25.0 Å². The minimum absolute atomic E-state index is 0.0158. The zero-order valence-electron chi connectivity index (χ0n) is 22.6. The number of rotatable bonds is 25. The van der Waals surface area contributed by atoms with E-state index in [-0.39, 0.29) is 26.1 Å². The molecule has 0 aliphatic heterocycles. The monoisotopic (exact) mass is 510 g/mol. The molecule has 0 radical (unpaired) electrons. The quantitative estimate of drug-likeness (QED) is 0.0659. The highest BCUT2D eigenvalue weighted by Gasteiger charge is 2.35. The normalized spacial score (nSPS) is 12.4. The molecule has 7 nitrogen and oxygen atoms in total. The van der Waals surface area contributed by atoms with Crippen LogP contribution in [-0.2, 0) is 28.6 Å². The number of ether oxygens (including phenoxy) is 3. The largest absolute Gasteiger partial charge is 0.462 e. The zero-order valence-corrected chi connectivity index (χ0v) is 22.6. The molecule has 0 saturated heterocycles. The van der Waals surface area contributed by atoms with Gasteiger partial charge in [0.2, 0.25) is 0 Å². The molecular weight excluding hydrogens is 460 g/mol. The predicted molar refractivity (Wildman–Crippen MR) is 142 cm³/mol. The molecule has 0 heterocycles. The van der Waals surface area contributed by atoms with Gasteiger partial charge in [0.05, 0.1) is 13.2 Å². The summed E-state index contributed by atoms with van der Waals surface area (Å²) in [6, 6.07) is 0. The van der Waals surface area contributed by atoms with Gasteiger partial charge in [-0.05, 0) is 6.42 Å². The van der Waals surface area contributed by atoms with Crippen LogP contribution in [0.25, 0.3) is 0 Å². The van der Waals surface area contributed by atoms with Gasteiger partial charge in [-0.1, -0.05) is 110 Å². The molecule has 1 N–H and O–H groups in total. The highest BCUT2D eigenvalue weighted by molar-refractivity contribution is 5.81. The van der Waals surface area contributed by atoms with E-state index in [0.29, 0.717) is 6.42 Å². The number of unbranched alkanes of at least 4 members (excludes halogenated alkanes) is 14. The van der Waals surface area contributed by atoms with Crippen LogP contribution in [0.5, 0.6) is 0 Å². The van der Waals surface area contributed by atoms with Crippen LogP contribution in [0.3, 0.4) is 0 Å². The van der Waals surface area contributed by atoms with Crippen molar-refractivity contribution in [2.45, 2.75) is 122 Å². The van der Waals surface area contributed by atoms with Crippen LogP contribution in [0, 0.1) is 0 Å². The maximum absolute atomic E-state index is 12.4. The first kappa shape index (κ1) is 33.8. The van der Waals surface area contributed by atoms with Crippen LogP contribution >= 0.6 is 0 Å². The minimum Gasteiger partial charge on any atom is -0.462 e. The summed E-state index contributed by atoms with van der Waals surface area (Å²) < 4.78 is 15.4.